The molecule has 0 aromatic heterocycles. The number of benzene rings is 1. The van der Waals surface area contributed by atoms with Crippen molar-refractivity contribution in [1.82, 2.24) is 5.32 Å². The molecule has 1 aromatic rings. The minimum Gasteiger partial charge on any atom is -0.315 e. The molecule has 4 heteroatoms. The second-order valence-corrected chi connectivity index (χ2v) is 8.27. The van der Waals surface area contributed by atoms with E-state index in [-0.39, 0.29) is 17.2 Å². The normalized spacial score (nSPS) is 14.4. The van der Waals surface area contributed by atoms with Crippen LogP contribution >= 0.6 is 0 Å². The van der Waals surface area contributed by atoms with Crippen LogP contribution in [0.1, 0.15) is 31.9 Å². The third-order valence-electron chi connectivity index (χ3n) is 3.62. The average molecular weight is 283 g/mol. The van der Waals surface area contributed by atoms with E-state index in [0.29, 0.717) is 4.90 Å². The first-order chi connectivity index (χ1) is 8.58. The molecule has 0 heterocycles. The van der Waals surface area contributed by atoms with Gasteiger partial charge in [-0.1, -0.05) is 26.8 Å². The van der Waals surface area contributed by atoms with E-state index in [4.69, 9.17) is 0 Å². The molecule has 3 nitrogen and oxygen atoms in total. The van der Waals surface area contributed by atoms with Gasteiger partial charge in [0, 0.05) is 6.04 Å². The number of nitrogens with one attached hydrogen (secondary N) is 1. The zero-order valence-corrected chi connectivity index (χ0v) is 13.6. The molecular formula is C15H25NO2S. The first-order valence-electron chi connectivity index (χ1n) is 6.55. The van der Waals surface area contributed by atoms with Crippen molar-refractivity contribution in [3.05, 3.63) is 29.3 Å². The number of aryl methyl sites for hydroxylation is 2. The van der Waals surface area contributed by atoms with Crippen LogP contribution in [0.2, 0.25) is 0 Å². The summed E-state index contributed by atoms with van der Waals surface area (Å²) in [4.78, 5) is 0.417. The van der Waals surface area contributed by atoms with Crippen molar-refractivity contribution in [1.29, 1.82) is 0 Å². The lowest BCUT2D eigenvalue weighted by atomic mass is 9.88. The zero-order valence-electron chi connectivity index (χ0n) is 12.7. The second-order valence-electron chi connectivity index (χ2n) is 6.23. The zero-order chi connectivity index (χ0) is 14.8. The van der Waals surface area contributed by atoms with Gasteiger partial charge in [0.15, 0.2) is 9.84 Å². The van der Waals surface area contributed by atoms with Crippen LogP contribution in [-0.2, 0) is 9.84 Å². The molecule has 1 rings (SSSR count). The molecule has 0 fully saturated rings. The first-order valence-corrected chi connectivity index (χ1v) is 8.20. The third kappa shape index (κ3) is 4.05. The van der Waals surface area contributed by atoms with E-state index in [9.17, 15) is 8.42 Å². The van der Waals surface area contributed by atoms with Gasteiger partial charge in [-0.05, 0) is 49.6 Å². The summed E-state index contributed by atoms with van der Waals surface area (Å²) in [5.41, 5.74) is 2.03. The molecule has 0 radical (unpaired) electrons. The van der Waals surface area contributed by atoms with Gasteiger partial charge in [0.2, 0.25) is 0 Å². The van der Waals surface area contributed by atoms with Crippen LogP contribution in [0.25, 0.3) is 0 Å². The maximum absolute atomic E-state index is 12.5. The molecule has 0 aliphatic carbocycles. The predicted octanol–water partition coefficient (Wildman–Crippen LogP) is 2.71. The molecule has 1 N–H and O–H groups in total. The molecular weight excluding hydrogens is 258 g/mol. The van der Waals surface area contributed by atoms with Crippen molar-refractivity contribution in [3.8, 4) is 0 Å². The van der Waals surface area contributed by atoms with Gasteiger partial charge in [-0.25, -0.2) is 8.42 Å². The minimum atomic E-state index is -3.26. The second kappa shape index (κ2) is 5.63. The van der Waals surface area contributed by atoms with Crippen molar-refractivity contribution in [3.63, 3.8) is 0 Å². The summed E-state index contributed by atoms with van der Waals surface area (Å²) in [6.45, 7) is 10.1. The summed E-state index contributed by atoms with van der Waals surface area (Å²) in [7, 11) is -1.45. The number of rotatable bonds is 4. The third-order valence-corrected chi connectivity index (χ3v) is 5.36. The van der Waals surface area contributed by atoms with E-state index in [2.05, 4.69) is 5.32 Å². The molecule has 1 aromatic carbocycles. The lowest BCUT2D eigenvalue weighted by molar-refractivity contribution is 0.302. The summed E-state index contributed by atoms with van der Waals surface area (Å²) in [5.74, 6) is 0.121. The Morgan fingerprint density at radius 2 is 1.74 bits per heavy atom. The van der Waals surface area contributed by atoms with Gasteiger partial charge in [-0.15, -0.1) is 0 Å². The number of sulfone groups is 1. The highest BCUT2D eigenvalue weighted by Crippen LogP contribution is 2.24. The standard InChI is InChI=1S/C15H25NO2S/c1-11-7-8-13(9-12(11)2)19(17,18)10-14(16-6)15(3,4)5/h7-9,14,16H,10H2,1-6H3. The van der Waals surface area contributed by atoms with Crippen molar-refractivity contribution in [2.24, 2.45) is 5.41 Å². The first kappa shape index (κ1) is 16.2. The Morgan fingerprint density at radius 1 is 1.16 bits per heavy atom. The summed E-state index contributed by atoms with van der Waals surface area (Å²) >= 11 is 0. The predicted molar refractivity (Wildman–Crippen MR) is 80.3 cm³/mol. The van der Waals surface area contributed by atoms with Gasteiger partial charge in [0.1, 0.15) is 0 Å². The average Bonchev–Trinajstić information content (AvgIpc) is 2.28. The van der Waals surface area contributed by atoms with Gasteiger partial charge >= 0.3 is 0 Å². The Hall–Kier alpha value is -0.870. The lowest BCUT2D eigenvalue weighted by Crippen LogP contribution is -2.43. The fourth-order valence-electron chi connectivity index (χ4n) is 1.99. The Bertz CT molecular complexity index is 542. The molecule has 0 aliphatic rings. The van der Waals surface area contributed by atoms with E-state index in [0.717, 1.165) is 11.1 Å². The van der Waals surface area contributed by atoms with Crippen LogP contribution < -0.4 is 5.32 Å². The Balaban J connectivity index is 3.07. The van der Waals surface area contributed by atoms with E-state index in [1.807, 2.05) is 47.7 Å². The highest BCUT2D eigenvalue weighted by Gasteiger charge is 2.29. The molecule has 108 valence electrons. The van der Waals surface area contributed by atoms with Crippen LogP contribution in [-0.4, -0.2) is 27.3 Å². The summed E-state index contributed by atoms with van der Waals surface area (Å²) in [6.07, 6.45) is 0. The minimum absolute atomic E-state index is 0.0703. The maximum atomic E-state index is 12.5. The Morgan fingerprint density at radius 3 is 2.16 bits per heavy atom. The van der Waals surface area contributed by atoms with Crippen molar-refractivity contribution < 1.29 is 8.42 Å². The molecule has 0 saturated heterocycles. The van der Waals surface area contributed by atoms with Crippen molar-refractivity contribution >= 4 is 9.84 Å². The van der Waals surface area contributed by atoms with Crippen molar-refractivity contribution in [2.45, 2.75) is 45.6 Å². The molecule has 0 amide bonds. The monoisotopic (exact) mass is 283 g/mol. The maximum Gasteiger partial charge on any atom is 0.179 e. The van der Waals surface area contributed by atoms with Crippen LogP contribution in [0.15, 0.2) is 23.1 Å². The smallest absolute Gasteiger partial charge is 0.179 e. The molecule has 1 unspecified atom stereocenters. The molecule has 0 aliphatic heterocycles. The van der Waals surface area contributed by atoms with E-state index >= 15 is 0 Å². The highest BCUT2D eigenvalue weighted by molar-refractivity contribution is 7.91. The number of hydrogen-bond donors (Lipinski definition) is 1. The molecule has 0 bridgehead atoms. The lowest BCUT2D eigenvalue weighted by Gasteiger charge is -2.30. The summed E-state index contributed by atoms with van der Waals surface area (Å²) < 4.78 is 24.9. The topological polar surface area (TPSA) is 46.2 Å². The van der Waals surface area contributed by atoms with Crippen LogP contribution in [0.5, 0.6) is 0 Å². The van der Waals surface area contributed by atoms with Crippen LogP contribution in [0, 0.1) is 19.3 Å². The summed E-state index contributed by atoms with van der Waals surface area (Å²) in [6, 6.07) is 5.26. The van der Waals surface area contributed by atoms with Crippen LogP contribution in [0.4, 0.5) is 0 Å². The number of hydrogen-bond acceptors (Lipinski definition) is 3. The van der Waals surface area contributed by atoms with Crippen molar-refractivity contribution in [2.75, 3.05) is 12.8 Å². The van der Waals surface area contributed by atoms with Gasteiger partial charge < -0.3 is 5.32 Å². The Labute approximate surface area is 117 Å². The molecule has 19 heavy (non-hydrogen) atoms. The van der Waals surface area contributed by atoms with Gasteiger partial charge in [-0.3, -0.25) is 0 Å². The fraction of sp³-hybridized carbons (Fsp3) is 0.600. The van der Waals surface area contributed by atoms with E-state index in [1.165, 1.54) is 0 Å². The van der Waals surface area contributed by atoms with E-state index < -0.39 is 9.84 Å². The largest absolute Gasteiger partial charge is 0.315 e. The highest BCUT2D eigenvalue weighted by atomic mass is 32.2. The SMILES string of the molecule is CNC(CS(=O)(=O)c1ccc(C)c(C)c1)C(C)(C)C. The molecule has 0 saturated carbocycles. The van der Waals surface area contributed by atoms with E-state index in [1.54, 1.807) is 12.1 Å². The van der Waals surface area contributed by atoms with Gasteiger partial charge in [0.25, 0.3) is 0 Å². The van der Waals surface area contributed by atoms with Gasteiger partial charge in [-0.2, -0.15) is 0 Å². The van der Waals surface area contributed by atoms with Gasteiger partial charge in [0.05, 0.1) is 10.6 Å². The quantitative estimate of drug-likeness (QED) is 0.924. The molecule has 1 atom stereocenters. The summed E-state index contributed by atoms with van der Waals surface area (Å²) in [5, 5.41) is 3.11. The fourth-order valence-corrected chi connectivity index (χ4v) is 3.92. The van der Waals surface area contributed by atoms with Crippen LogP contribution in [0.3, 0.4) is 0 Å². The Kier molecular flexibility index (Phi) is 4.80. The molecule has 0 spiro atoms.